The van der Waals surface area contributed by atoms with Crippen molar-refractivity contribution in [2.45, 2.75) is 6.36 Å². The van der Waals surface area contributed by atoms with Gasteiger partial charge < -0.3 is 15.6 Å². The van der Waals surface area contributed by atoms with Gasteiger partial charge in [-0.2, -0.15) is 0 Å². The number of phenols is 1. The number of phenolic OH excluding ortho intramolecular Hbond substituents is 1. The molecule has 0 aliphatic heterocycles. The van der Waals surface area contributed by atoms with Crippen LogP contribution in [0.5, 0.6) is 11.5 Å². The number of aromatic hydroxyl groups is 1. The fourth-order valence-corrected chi connectivity index (χ4v) is 1.29. The minimum absolute atomic E-state index is 0.297. The molecule has 1 aromatic carbocycles. The van der Waals surface area contributed by atoms with E-state index in [1.54, 1.807) is 0 Å². The number of hydrogen-bond donors (Lipinski definition) is 2. The van der Waals surface area contributed by atoms with Gasteiger partial charge in [0.05, 0.1) is 5.69 Å². The lowest BCUT2D eigenvalue weighted by Crippen LogP contribution is -2.18. The van der Waals surface area contributed by atoms with E-state index >= 15 is 0 Å². The van der Waals surface area contributed by atoms with E-state index in [1.807, 2.05) is 0 Å². The molecular weight excluding hydrogens is 267 g/mol. The van der Waals surface area contributed by atoms with E-state index in [4.69, 9.17) is 10.8 Å². The van der Waals surface area contributed by atoms with Crippen LogP contribution in [0.4, 0.5) is 18.9 Å². The minimum Gasteiger partial charge on any atom is -0.504 e. The molecule has 0 aliphatic rings. The first-order chi connectivity index (χ1) is 6.29. The summed E-state index contributed by atoms with van der Waals surface area (Å²) in [6.07, 6.45) is -4.88. The van der Waals surface area contributed by atoms with Gasteiger partial charge in [0, 0.05) is 4.47 Å². The van der Waals surface area contributed by atoms with Crippen molar-refractivity contribution < 1.29 is 23.0 Å². The summed E-state index contributed by atoms with van der Waals surface area (Å²) < 4.78 is 39.3. The second-order valence-corrected chi connectivity index (χ2v) is 3.31. The SMILES string of the molecule is Nc1cc(Br)cc(O)c1OC(F)(F)F. The lowest BCUT2D eigenvalue weighted by atomic mass is 10.3. The zero-order valence-corrected chi connectivity index (χ0v) is 8.19. The molecule has 0 aromatic heterocycles. The third-order valence-corrected chi connectivity index (χ3v) is 1.74. The van der Waals surface area contributed by atoms with E-state index in [0.717, 1.165) is 6.07 Å². The standard InChI is InChI=1S/C7H5BrF3NO2/c8-3-1-4(12)6(5(13)2-3)14-7(9,10)11/h1-2,13H,12H2. The summed E-state index contributed by atoms with van der Waals surface area (Å²) in [5.74, 6) is -1.46. The Morgan fingerprint density at radius 3 is 2.36 bits per heavy atom. The Morgan fingerprint density at radius 1 is 1.36 bits per heavy atom. The van der Waals surface area contributed by atoms with Crippen LogP contribution in [0.15, 0.2) is 16.6 Å². The molecule has 0 spiro atoms. The normalized spacial score (nSPS) is 11.4. The van der Waals surface area contributed by atoms with Crippen molar-refractivity contribution >= 4 is 21.6 Å². The van der Waals surface area contributed by atoms with Crippen molar-refractivity contribution in [3.05, 3.63) is 16.6 Å². The van der Waals surface area contributed by atoms with Gasteiger partial charge in [0.2, 0.25) is 0 Å². The van der Waals surface area contributed by atoms with Gasteiger partial charge in [-0.3, -0.25) is 0 Å². The molecule has 0 amide bonds. The Labute approximate surface area is 85.4 Å². The first-order valence-corrected chi connectivity index (χ1v) is 4.12. The van der Waals surface area contributed by atoms with Crippen LogP contribution in [0.2, 0.25) is 0 Å². The van der Waals surface area contributed by atoms with Crippen LogP contribution < -0.4 is 10.5 Å². The van der Waals surface area contributed by atoms with Gasteiger partial charge >= 0.3 is 6.36 Å². The van der Waals surface area contributed by atoms with Crippen LogP contribution in [-0.2, 0) is 0 Å². The maximum atomic E-state index is 11.8. The lowest BCUT2D eigenvalue weighted by molar-refractivity contribution is -0.274. The summed E-state index contributed by atoms with van der Waals surface area (Å²) in [5.41, 5.74) is 4.92. The molecule has 0 aliphatic carbocycles. The second-order valence-electron chi connectivity index (χ2n) is 2.39. The monoisotopic (exact) mass is 271 g/mol. The predicted octanol–water partition coefficient (Wildman–Crippen LogP) is 2.64. The van der Waals surface area contributed by atoms with Crippen LogP contribution in [0.1, 0.15) is 0 Å². The molecule has 7 heteroatoms. The highest BCUT2D eigenvalue weighted by atomic mass is 79.9. The molecule has 0 unspecified atom stereocenters. The van der Waals surface area contributed by atoms with Crippen LogP contribution in [0.25, 0.3) is 0 Å². The first kappa shape index (κ1) is 11.0. The molecule has 3 nitrogen and oxygen atoms in total. The Balaban J connectivity index is 3.09. The van der Waals surface area contributed by atoms with Crippen LogP contribution in [0.3, 0.4) is 0 Å². The van der Waals surface area contributed by atoms with E-state index < -0.39 is 17.9 Å². The van der Waals surface area contributed by atoms with Gasteiger partial charge in [0.15, 0.2) is 11.5 Å². The van der Waals surface area contributed by atoms with Crippen molar-refractivity contribution in [2.75, 3.05) is 5.73 Å². The van der Waals surface area contributed by atoms with E-state index in [1.165, 1.54) is 6.07 Å². The second kappa shape index (κ2) is 3.56. The molecule has 14 heavy (non-hydrogen) atoms. The predicted molar refractivity (Wildman–Crippen MR) is 46.9 cm³/mol. The number of ether oxygens (including phenoxy) is 1. The van der Waals surface area contributed by atoms with E-state index in [-0.39, 0.29) is 5.69 Å². The van der Waals surface area contributed by atoms with Crippen molar-refractivity contribution in [2.24, 2.45) is 0 Å². The highest BCUT2D eigenvalue weighted by Crippen LogP contribution is 2.38. The fourth-order valence-electron chi connectivity index (χ4n) is 0.827. The van der Waals surface area contributed by atoms with Crippen molar-refractivity contribution in [3.8, 4) is 11.5 Å². The fraction of sp³-hybridized carbons (Fsp3) is 0.143. The summed E-state index contributed by atoms with van der Waals surface area (Å²) in [5, 5.41) is 9.10. The number of nitrogens with two attached hydrogens (primary N) is 1. The first-order valence-electron chi connectivity index (χ1n) is 3.33. The zero-order chi connectivity index (χ0) is 10.9. The summed E-state index contributed by atoms with van der Waals surface area (Å²) >= 11 is 2.95. The van der Waals surface area contributed by atoms with Gasteiger partial charge in [-0.25, -0.2) is 0 Å². The van der Waals surface area contributed by atoms with Crippen LogP contribution >= 0.6 is 15.9 Å². The molecule has 0 saturated carbocycles. The molecule has 1 rings (SSSR count). The van der Waals surface area contributed by atoms with Crippen molar-refractivity contribution in [3.63, 3.8) is 0 Å². The number of nitrogen functional groups attached to an aromatic ring is 1. The number of alkyl halides is 3. The topological polar surface area (TPSA) is 55.5 Å². The quantitative estimate of drug-likeness (QED) is 0.772. The molecule has 3 N–H and O–H groups in total. The molecule has 0 saturated heterocycles. The third kappa shape index (κ3) is 2.69. The van der Waals surface area contributed by atoms with E-state index in [2.05, 4.69) is 20.7 Å². The minimum atomic E-state index is -4.88. The summed E-state index contributed by atoms with van der Waals surface area (Å²) in [7, 11) is 0. The summed E-state index contributed by atoms with van der Waals surface area (Å²) in [4.78, 5) is 0. The number of hydrogen-bond acceptors (Lipinski definition) is 3. The maximum absolute atomic E-state index is 11.8. The summed E-state index contributed by atoms with van der Waals surface area (Å²) in [6.45, 7) is 0. The third-order valence-electron chi connectivity index (χ3n) is 1.28. The van der Waals surface area contributed by atoms with Gasteiger partial charge in [0.25, 0.3) is 0 Å². The zero-order valence-electron chi connectivity index (χ0n) is 6.60. The smallest absolute Gasteiger partial charge is 0.504 e. The van der Waals surface area contributed by atoms with Crippen LogP contribution in [0, 0.1) is 0 Å². The lowest BCUT2D eigenvalue weighted by Gasteiger charge is -2.12. The largest absolute Gasteiger partial charge is 0.573 e. The number of anilines is 1. The average Bonchev–Trinajstić information content (AvgIpc) is 1.95. The van der Waals surface area contributed by atoms with E-state index in [9.17, 15) is 13.2 Å². The van der Waals surface area contributed by atoms with E-state index in [0.29, 0.717) is 4.47 Å². The molecule has 0 bridgehead atoms. The molecule has 0 atom stereocenters. The Kier molecular flexibility index (Phi) is 2.79. The van der Waals surface area contributed by atoms with Crippen molar-refractivity contribution in [1.29, 1.82) is 0 Å². The number of halogens is 4. The molecule has 0 radical (unpaired) electrons. The molecular formula is C7H5BrF3NO2. The van der Waals surface area contributed by atoms with Crippen LogP contribution in [-0.4, -0.2) is 11.5 Å². The molecule has 78 valence electrons. The Hall–Kier alpha value is -1.11. The van der Waals surface area contributed by atoms with Gasteiger partial charge in [-0.1, -0.05) is 15.9 Å². The highest BCUT2D eigenvalue weighted by molar-refractivity contribution is 9.10. The van der Waals surface area contributed by atoms with Gasteiger partial charge in [0.1, 0.15) is 0 Å². The van der Waals surface area contributed by atoms with Crippen molar-refractivity contribution in [1.82, 2.24) is 0 Å². The van der Waals surface area contributed by atoms with Gasteiger partial charge in [-0.05, 0) is 12.1 Å². The number of benzene rings is 1. The average molecular weight is 272 g/mol. The molecule has 0 heterocycles. The highest BCUT2D eigenvalue weighted by Gasteiger charge is 2.33. The Bertz CT molecular complexity index is 330. The Morgan fingerprint density at radius 2 is 1.93 bits per heavy atom. The summed E-state index contributed by atoms with van der Waals surface area (Å²) in [6, 6.07) is 2.25. The van der Waals surface area contributed by atoms with Gasteiger partial charge in [-0.15, -0.1) is 13.2 Å². The maximum Gasteiger partial charge on any atom is 0.573 e. The number of rotatable bonds is 1. The molecule has 1 aromatic rings. The molecule has 0 fully saturated rings.